The number of nitrogens with one attached hydrogen (secondary N) is 2. The predicted molar refractivity (Wildman–Crippen MR) is 121 cm³/mol. The molecule has 1 aromatic heterocycles. The van der Waals surface area contributed by atoms with Crippen LogP contribution in [-0.2, 0) is 9.59 Å². The fourth-order valence-corrected chi connectivity index (χ4v) is 3.52. The van der Waals surface area contributed by atoms with Gasteiger partial charge < -0.3 is 19.8 Å². The first-order valence-corrected chi connectivity index (χ1v) is 9.96. The van der Waals surface area contributed by atoms with Crippen LogP contribution in [0.1, 0.15) is 0 Å². The maximum atomic E-state index is 13.2. The minimum absolute atomic E-state index is 0.0299. The molecule has 0 atom stereocenters. The summed E-state index contributed by atoms with van der Waals surface area (Å²) in [6.07, 6.45) is 0. The molecule has 0 aliphatic heterocycles. The summed E-state index contributed by atoms with van der Waals surface area (Å²) in [5.74, 6) is -0.609. The van der Waals surface area contributed by atoms with Gasteiger partial charge >= 0.3 is 0 Å². The van der Waals surface area contributed by atoms with E-state index >= 15 is 0 Å². The summed E-state index contributed by atoms with van der Waals surface area (Å²) >= 11 is 0. The highest BCUT2D eigenvalue weighted by molar-refractivity contribution is 6.08. The number of ether oxygens (including phenoxy) is 1. The van der Waals surface area contributed by atoms with E-state index in [9.17, 15) is 14.0 Å². The maximum absolute atomic E-state index is 13.2. The minimum atomic E-state index is -0.439. The second-order valence-electron chi connectivity index (χ2n) is 7.43. The fourth-order valence-electron chi connectivity index (χ4n) is 3.52. The van der Waals surface area contributed by atoms with Gasteiger partial charge in [0.15, 0.2) is 0 Å². The molecule has 164 valence electrons. The van der Waals surface area contributed by atoms with E-state index in [4.69, 9.17) is 9.15 Å². The first kappa shape index (κ1) is 21.3. The van der Waals surface area contributed by atoms with Crippen molar-refractivity contribution < 1.29 is 23.1 Å². The third-order valence-electron chi connectivity index (χ3n) is 4.91. The zero-order valence-electron chi connectivity index (χ0n) is 17.6. The van der Waals surface area contributed by atoms with Gasteiger partial charge in [-0.25, -0.2) is 4.39 Å². The standard InChI is InChI=1S/C24H22FN3O4/c1-28(13-23(29)26-16-7-5-6-15(25)10-16)14-24(30)27-19-12-21-18(11-22(19)31-2)17-8-3-4-9-20(17)32-21/h3-12H,13-14H2,1-2H3,(H,26,29)(H,27,30). The van der Waals surface area contributed by atoms with Gasteiger partial charge in [0.1, 0.15) is 22.7 Å². The molecule has 0 spiro atoms. The molecule has 0 unspecified atom stereocenters. The molecule has 7 nitrogen and oxygen atoms in total. The van der Waals surface area contributed by atoms with Crippen LogP contribution in [-0.4, -0.2) is 44.0 Å². The monoisotopic (exact) mass is 435 g/mol. The highest BCUT2D eigenvalue weighted by Crippen LogP contribution is 2.36. The molecule has 32 heavy (non-hydrogen) atoms. The summed E-state index contributed by atoms with van der Waals surface area (Å²) in [4.78, 5) is 26.3. The van der Waals surface area contributed by atoms with Gasteiger partial charge in [-0.05, 0) is 37.4 Å². The Morgan fingerprint density at radius 1 is 0.938 bits per heavy atom. The highest BCUT2D eigenvalue weighted by Gasteiger charge is 2.16. The normalized spacial score (nSPS) is 11.1. The van der Waals surface area contributed by atoms with Gasteiger partial charge in [0.05, 0.1) is 25.9 Å². The van der Waals surface area contributed by atoms with Gasteiger partial charge in [-0.2, -0.15) is 0 Å². The Balaban J connectivity index is 1.41. The van der Waals surface area contributed by atoms with Crippen molar-refractivity contribution >= 4 is 45.1 Å². The number of furan rings is 1. The van der Waals surface area contributed by atoms with E-state index in [0.29, 0.717) is 22.7 Å². The lowest BCUT2D eigenvalue weighted by molar-refractivity contribution is -0.119. The van der Waals surface area contributed by atoms with Gasteiger partial charge in [-0.3, -0.25) is 14.5 Å². The van der Waals surface area contributed by atoms with Crippen LogP contribution in [0.2, 0.25) is 0 Å². The lowest BCUT2D eigenvalue weighted by Gasteiger charge is -2.17. The highest BCUT2D eigenvalue weighted by atomic mass is 19.1. The molecule has 4 aromatic rings. The van der Waals surface area contributed by atoms with Gasteiger partial charge in [0.25, 0.3) is 0 Å². The van der Waals surface area contributed by atoms with Gasteiger partial charge in [0.2, 0.25) is 11.8 Å². The second kappa shape index (κ2) is 9.07. The second-order valence-corrected chi connectivity index (χ2v) is 7.43. The Labute approximate surface area is 183 Å². The third-order valence-corrected chi connectivity index (χ3v) is 4.91. The summed E-state index contributed by atoms with van der Waals surface area (Å²) in [5, 5.41) is 7.27. The topological polar surface area (TPSA) is 83.8 Å². The van der Waals surface area contributed by atoms with Crippen molar-refractivity contribution in [2.24, 2.45) is 0 Å². The van der Waals surface area contributed by atoms with E-state index < -0.39 is 5.82 Å². The average molecular weight is 435 g/mol. The van der Waals surface area contributed by atoms with Gasteiger partial charge in [-0.1, -0.05) is 24.3 Å². The summed E-state index contributed by atoms with van der Waals surface area (Å²) in [6, 6.07) is 16.8. The van der Waals surface area contributed by atoms with Crippen molar-refractivity contribution in [2.45, 2.75) is 0 Å². The van der Waals surface area contributed by atoms with E-state index in [1.54, 1.807) is 24.1 Å². The molecule has 0 radical (unpaired) electrons. The first-order chi connectivity index (χ1) is 15.4. The van der Waals surface area contributed by atoms with Crippen LogP contribution in [0.15, 0.2) is 65.1 Å². The molecule has 0 fully saturated rings. The number of nitrogens with zero attached hydrogens (tertiary/aromatic N) is 1. The molecular weight excluding hydrogens is 413 g/mol. The van der Waals surface area contributed by atoms with Crippen molar-refractivity contribution in [3.05, 3.63) is 66.5 Å². The molecule has 2 N–H and O–H groups in total. The molecule has 0 bridgehead atoms. The van der Waals surface area contributed by atoms with Gasteiger partial charge in [0, 0.05) is 22.5 Å². The number of para-hydroxylation sites is 1. The molecule has 1 heterocycles. The van der Waals surface area contributed by atoms with Crippen molar-refractivity contribution in [1.29, 1.82) is 0 Å². The van der Waals surface area contributed by atoms with Crippen molar-refractivity contribution in [3.63, 3.8) is 0 Å². The Morgan fingerprint density at radius 3 is 2.44 bits per heavy atom. The number of carbonyl (C=O) groups excluding carboxylic acids is 2. The SMILES string of the molecule is COc1cc2c(cc1NC(=O)CN(C)CC(=O)Nc1cccc(F)c1)oc1ccccc12. The number of rotatable bonds is 7. The number of amides is 2. The van der Waals surface area contributed by atoms with Gasteiger partial charge in [-0.15, -0.1) is 0 Å². The number of fused-ring (bicyclic) bond motifs is 3. The maximum Gasteiger partial charge on any atom is 0.238 e. The van der Waals surface area contributed by atoms with Crippen LogP contribution in [0, 0.1) is 5.82 Å². The molecule has 0 aliphatic rings. The Bertz CT molecular complexity index is 1300. The van der Waals surface area contributed by atoms with E-state index in [1.165, 1.54) is 25.3 Å². The molecule has 0 saturated heterocycles. The lowest BCUT2D eigenvalue weighted by Crippen LogP contribution is -2.36. The number of anilines is 2. The van der Waals surface area contributed by atoms with E-state index in [2.05, 4.69) is 10.6 Å². The zero-order chi connectivity index (χ0) is 22.7. The quantitative estimate of drug-likeness (QED) is 0.454. The molecule has 0 aliphatic carbocycles. The molecule has 4 rings (SSSR count). The largest absolute Gasteiger partial charge is 0.495 e. The third kappa shape index (κ3) is 4.70. The van der Waals surface area contributed by atoms with E-state index in [-0.39, 0.29) is 24.9 Å². The average Bonchev–Trinajstić information content (AvgIpc) is 3.10. The first-order valence-electron chi connectivity index (χ1n) is 9.96. The number of halogens is 1. The van der Waals surface area contributed by atoms with Crippen LogP contribution in [0.25, 0.3) is 21.9 Å². The van der Waals surface area contributed by atoms with Crippen LogP contribution >= 0.6 is 0 Å². The number of hydrogen-bond donors (Lipinski definition) is 2. The molecule has 3 aromatic carbocycles. The Kier molecular flexibility index (Phi) is 6.04. The van der Waals surface area contributed by atoms with Crippen LogP contribution in [0.3, 0.4) is 0 Å². The smallest absolute Gasteiger partial charge is 0.238 e. The molecular formula is C24H22FN3O4. The number of carbonyl (C=O) groups is 2. The Morgan fingerprint density at radius 2 is 1.69 bits per heavy atom. The molecule has 0 saturated carbocycles. The van der Waals surface area contributed by atoms with Crippen LogP contribution < -0.4 is 15.4 Å². The number of likely N-dealkylation sites (N-methyl/N-ethyl adjacent to an activating group) is 1. The Hall–Kier alpha value is -3.91. The van der Waals surface area contributed by atoms with Crippen LogP contribution in [0.5, 0.6) is 5.75 Å². The molecule has 2 amide bonds. The van der Waals surface area contributed by atoms with Crippen molar-refractivity contribution in [2.75, 3.05) is 37.9 Å². The lowest BCUT2D eigenvalue weighted by atomic mass is 10.1. The number of benzene rings is 3. The zero-order valence-corrected chi connectivity index (χ0v) is 17.6. The van der Waals surface area contributed by atoms with E-state index in [0.717, 1.165) is 16.4 Å². The number of hydrogen-bond acceptors (Lipinski definition) is 5. The summed E-state index contributed by atoms with van der Waals surface area (Å²) in [6.45, 7) is -0.0679. The minimum Gasteiger partial charge on any atom is -0.495 e. The van der Waals surface area contributed by atoms with Crippen LogP contribution in [0.4, 0.5) is 15.8 Å². The fraction of sp³-hybridized carbons (Fsp3) is 0.167. The van der Waals surface area contributed by atoms with E-state index in [1.807, 2.05) is 30.3 Å². The van der Waals surface area contributed by atoms with Crippen molar-refractivity contribution in [1.82, 2.24) is 4.90 Å². The predicted octanol–water partition coefficient (Wildman–Crippen LogP) is 4.24. The van der Waals surface area contributed by atoms with Crippen molar-refractivity contribution in [3.8, 4) is 5.75 Å². The summed E-state index contributed by atoms with van der Waals surface area (Å²) < 4.78 is 24.6. The summed E-state index contributed by atoms with van der Waals surface area (Å²) in [5.41, 5.74) is 2.21. The molecule has 8 heteroatoms. The summed E-state index contributed by atoms with van der Waals surface area (Å²) in [7, 11) is 3.17. The number of methoxy groups -OCH3 is 1.